The highest BCUT2D eigenvalue weighted by atomic mass is 16.6. The van der Waals surface area contributed by atoms with Crippen LogP contribution in [0.4, 0.5) is 0 Å². The molecule has 106 valence electrons. The van der Waals surface area contributed by atoms with Crippen LogP contribution >= 0.6 is 0 Å². The predicted octanol–water partition coefficient (Wildman–Crippen LogP) is 0.0960. The van der Waals surface area contributed by atoms with Crippen molar-refractivity contribution in [3.8, 4) is 0 Å². The van der Waals surface area contributed by atoms with Gasteiger partial charge >= 0.3 is 11.9 Å². The SMILES string of the molecule is CC(C)[C@@H](O)C(=O)O[C@H](CC(=O)O)C[N+](C)(C)C. The maximum atomic E-state index is 11.6. The third kappa shape index (κ3) is 7.24. The monoisotopic (exact) mass is 262 g/mol. The Kier molecular flexibility index (Phi) is 6.28. The summed E-state index contributed by atoms with van der Waals surface area (Å²) in [6.45, 7) is 3.76. The molecule has 2 N–H and O–H groups in total. The third-order valence-corrected chi connectivity index (χ3v) is 2.31. The number of carbonyl (C=O) groups excluding carboxylic acids is 1. The largest absolute Gasteiger partial charge is 0.481 e. The van der Waals surface area contributed by atoms with Crippen LogP contribution in [0.1, 0.15) is 20.3 Å². The molecular formula is C12H24NO5+. The average Bonchev–Trinajstić information content (AvgIpc) is 2.11. The van der Waals surface area contributed by atoms with Crippen molar-refractivity contribution in [1.29, 1.82) is 0 Å². The first-order valence-corrected chi connectivity index (χ1v) is 5.93. The molecule has 0 amide bonds. The lowest BCUT2D eigenvalue weighted by Gasteiger charge is -2.29. The van der Waals surface area contributed by atoms with Crippen LogP contribution in [0.25, 0.3) is 0 Å². The lowest BCUT2D eigenvalue weighted by molar-refractivity contribution is -0.873. The zero-order chi connectivity index (χ0) is 14.5. The Bertz CT molecular complexity index is 295. The van der Waals surface area contributed by atoms with E-state index in [4.69, 9.17) is 9.84 Å². The minimum absolute atomic E-state index is 0.257. The molecule has 0 aliphatic carbocycles. The molecule has 0 bridgehead atoms. The number of likely N-dealkylation sites (N-methyl/N-ethyl adjacent to an activating group) is 1. The van der Waals surface area contributed by atoms with Gasteiger partial charge in [-0.1, -0.05) is 13.8 Å². The van der Waals surface area contributed by atoms with Gasteiger partial charge in [-0.2, -0.15) is 0 Å². The molecule has 18 heavy (non-hydrogen) atoms. The fourth-order valence-corrected chi connectivity index (χ4v) is 1.46. The maximum absolute atomic E-state index is 11.6. The highest BCUT2D eigenvalue weighted by molar-refractivity contribution is 5.75. The van der Waals surface area contributed by atoms with Gasteiger partial charge in [-0.25, -0.2) is 4.79 Å². The molecule has 6 nitrogen and oxygen atoms in total. The van der Waals surface area contributed by atoms with Crippen LogP contribution in [0, 0.1) is 5.92 Å². The summed E-state index contributed by atoms with van der Waals surface area (Å²) in [5, 5.41) is 18.3. The van der Waals surface area contributed by atoms with Gasteiger partial charge in [0.05, 0.1) is 27.6 Å². The van der Waals surface area contributed by atoms with Gasteiger partial charge in [-0.05, 0) is 5.92 Å². The number of quaternary nitrogens is 1. The molecule has 0 spiro atoms. The van der Waals surface area contributed by atoms with Crippen LogP contribution < -0.4 is 0 Å². The number of hydrogen-bond acceptors (Lipinski definition) is 4. The van der Waals surface area contributed by atoms with Gasteiger partial charge in [0.2, 0.25) is 0 Å². The number of hydrogen-bond donors (Lipinski definition) is 2. The van der Waals surface area contributed by atoms with Gasteiger partial charge in [-0.15, -0.1) is 0 Å². The minimum Gasteiger partial charge on any atom is -0.481 e. The molecule has 0 saturated carbocycles. The van der Waals surface area contributed by atoms with E-state index in [9.17, 15) is 14.7 Å². The van der Waals surface area contributed by atoms with Crippen molar-refractivity contribution in [1.82, 2.24) is 0 Å². The number of aliphatic hydroxyl groups is 1. The summed E-state index contributed by atoms with van der Waals surface area (Å²) in [5.74, 6) is -2.04. The van der Waals surface area contributed by atoms with Crippen LogP contribution in [0.5, 0.6) is 0 Å². The van der Waals surface area contributed by atoms with Gasteiger partial charge < -0.3 is 19.4 Å². The average molecular weight is 262 g/mol. The first-order valence-electron chi connectivity index (χ1n) is 5.93. The van der Waals surface area contributed by atoms with Gasteiger partial charge in [0.1, 0.15) is 6.54 Å². The Balaban J connectivity index is 4.59. The standard InChI is InChI=1S/C12H23NO5/c1-8(2)11(16)12(17)18-9(6-10(14)15)7-13(3,4)5/h8-9,11,16H,6-7H2,1-5H3/p+1/t9-,11-/m1/s1. The van der Waals surface area contributed by atoms with Crippen molar-refractivity contribution in [2.24, 2.45) is 5.92 Å². The smallest absolute Gasteiger partial charge is 0.335 e. The number of aliphatic hydroxyl groups excluding tert-OH is 1. The van der Waals surface area contributed by atoms with E-state index >= 15 is 0 Å². The van der Waals surface area contributed by atoms with Gasteiger partial charge in [-0.3, -0.25) is 4.79 Å². The lowest BCUT2D eigenvalue weighted by Crippen LogP contribution is -2.45. The molecule has 2 atom stereocenters. The number of aliphatic carboxylic acids is 1. The Labute approximate surface area is 108 Å². The molecule has 0 radical (unpaired) electrons. The second-order valence-electron chi connectivity index (χ2n) is 5.82. The summed E-state index contributed by atoms with van der Waals surface area (Å²) in [7, 11) is 5.63. The van der Waals surface area contributed by atoms with Gasteiger partial charge in [0.15, 0.2) is 12.2 Å². The Hall–Kier alpha value is -1.14. The van der Waals surface area contributed by atoms with Crippen molar-refractivity contribution in [3.63, 3.8) is 0 Å². The fraction of sp³-hybridized carbons (Fsp3) is 0.833. The van der Waals surface area contributed by atoms with Crippen molar-refractivity contribution in [2.45, 2.75) is 32.5 Å². The van der Waals surface area contributed by atoms with E-state index < -0.39 is 24.1 Å². The summed E-state index contributed by atoms with van der Waals surface area (Å²) in [4.78, 5) is 22.3. The quantitative estimate of drug-likeness (QED) is 0.502. The number of carboxylic acid groups (broad SMARTS) is 1. The van der Waals surface area contributed by atoms with Crippen LogP contribution in [-0.4, -0.2) is 66.5 Å². The Morgan fingerprint density at radius 3 is 2.06 bits per heavy atom. The first-order chi connectivity index (χ1) is 8.03. The molecule has 0 aliphatic rings. The number of nitrogens with zero attached hydrogens (tertiary/aromatic N) is 1. The number of rotatable bonds is 7. The summed E-state index contributed by atoms with van der Waals surface area (Å²) in [6.07, 6.45) is -2.20. The summed E-state index contributed by atoms with van der Waals surface area (Å²) < 4.78 is 5.55. The molecular weight excluding hydrogens is 238 g/mol. The van der Waals surface area contributed by atoms with E-state index in [0.29, 0.717) is 11.0 Å². The zero-order valence-corrected chi connectivity index (χ0v) is 11.7. The van der Waals surface area contributed by atoms with Gasteiger partial charge in [0.25, 0.3) is 0 Å². The molecule has 0 unspecified atom stereocenters. The van der Waals surface area contributed by atoms with Crippen molar-refractivity contribution >= 4 is 11.9 Å². The summed E-state index contributed by atoms with van der Waals surface area (Å²) in [6, 6.07) is 0. The van der Waals surface area contributed by atoms with Crippen LogP contribution in [0.15, 0.2) is 0 Å². The molecule has 0 aromatic carbocycles. The van der Waals surface area contributed by atoms with Crippen molar-refractivity contribution in [2.75, 3.05) is 27.7 Å². The molecule has 0 aromatic rings. The van der Waals surface area contributed by atoms with Crippen LogP contribution in [-0.2, 0) is 14.3 Å². The molecule has 0 fully saturated rings. The summed E-state index contributed by atoms with van der Waals surface area (Å²) in [5.41, 5.74) is 0. The number of esters is 1. The topological polar surface area (TPSA) is 83.8 Å². The van der Waals surface area contributed by atoms with Crippen LogP contribution in [0.2, 0.25) is 0 Å². The van der Waals surface area contributed by atoms with E-state index in [-0.39, 0.29) is 12.3 Å². The highest BCUT2D eigenvalue weighted by Crippen LogP contribution is 2.10. The number of carbonyl (C=O) groups is 2. The van der Waals surface area contributed by atoms with Gasteiger partial charge in [0, 0.05) is 0 Å². The molecule has 0 heterocycles. The fourth-order valence-electron chi connectivity index (χ4n) is 1.46. The second-order valence-corrected chi connectivity index (χ2v) is 5.82. The van der Waals surface area contributed by atoms with Crippen molar-refractivity contribution in [3.05, 3.63) is 0 Å². The van der Waals surface area contributed by atoms with E-state index in [1.807, 2.05) is 21.1 Å². The second kappa shape index (κ2) is 6.70. The lowest BCUT2D eigenvalue weighted by atomic mass is 10.1. The highest BCUT2D eigenvalue weighted by Gasteiger charge is 2.28. The maximum Gasteiger partial charge on any atom is 0.335 e. The Morgan fingerprint density at radius 1 is 1.22 bits per heavy atom. The Morgan fingerprint density at radius 2 is 1.72 bits per heavy atom. The number of ether oxygens (including phenoxy) is 1. The summed E-state index contributed by atoms with van der Waals surface area (Å²) >= 11 is 0. The number of carboxylic acids is 1. The normalized spacial score (nSPS) is 15.3. The zero-order valence-electron chi connectivity index (χ0n) is 11.7. The van der Waals surface area contributed by atoms with E-state index in [2.05, 4.69) is 0 Å². The third-order valence-electron chi connectivity index (χ3n) is 2.31. The molecule has 6 heteroatoms. The van der Waals surface area contributed by atoms with E-state index in [1.54, 1.807) is 13.8 Å². The van der Waals surface area contributed by atoms with Crippen molar-refractivity contribution < 1.29 is 29.0 Å². The minimum atomic E-state index is -1.21. The van der Waals surface area contributed by atoms with E-state index in [1.165, 1.54) is 0 Å². The molecule has 0 aromatic heterocycles. The molecule has 0 aliphatic heterocycles. The molecule has 0 rings (SSSR count). The van der Waals surface area contributed by atoms with Crippen LogP contribution in [0.3, 0.4) is 0 Å². The first kappa shape index (κ1) is 16.9. The van der Waals surface area contributed by atoms with E-state index in [0.717, 1.165) is 0 Å². The predicted molar refractivity (Wildman–Crippen MR) is 65.9 cm³/mol. The molecule has 0 saturated heterocycles.